The van der Waals surface area contributed by atoms with E-state index in [2.05, 4.69) is 95.3 Å². The van der Waals surface area contributed by atoms with Crippen LogP contribution in [0.1, 0.15) is 33.4 Å². The minimum Gasteiger partial charge on any atom is -0.258 e. The predicted molar refractivity (Wildman–Crippen MR) is 127 cm³/mol. The lowest BCUT2D eigenvalue weighted by molar-refractivity contribution is 0.696. The van der Waals surface area contributed by atoms with Crippen LogP contribution in [0.15, 0.2) is 60.7 Å². The normalized spacial score (nSPS) is 11.1. The number of rotatable bonds is 4. The highest BCUT2D eigenvalue weighted by molar-refractivity contribution is 6.35. The number of hydrogen-bond donors (Lipinski definition) is 0. The molecule has 1 aromatic heterocycles. The Morgan fingerprint density at radius 3 is 2.00 bits per heavy atom. The summed E-state index contributed by atoms with van der Waals surface area (Å²) in [4.78, 5) is 0. The second-order valence-electron chi connectivity index (χ2n) is 8.26. The predicted octanol–water partition coefficient (Wildman–Crippen LogP) is 7.46. The molecular weight excluding hydrogens is 388 g/mol. The van der Waals surface area contributed by atoms with Gasteiger partial charge in [0, 0.05) is 11.1 Å². The van der Waals surface area contributed by atoms with Crippen LogP contribution in [0.4, 0.5) is 0 Å². The highest BCUT2D eigenvalue weighted by Crippen LogP contribution is 2.38. The lowest BCUT2D eigenvalue weighted by atomic mass is 10.0. The second kappa shape index (κ2) is 8.12. The van der Waals surface area contributed by atoms with Crippen LogP contribution < -0.4 is 0 Å². The van der Waals surface area contributed by atoms with Crippen molar-refractivity contribution < 1.29 is 0 Å². The number of aryl methyl sites for hydroxylation is 5. The molecule has 0 aliphatic heterocycles. The Balaban J connectivity index is 1.90. The molecule has 0 aliphatic carbocycles. The monoisotopic (exact) mass is 414 g/mol. The van der Waals surface area contributed by atoms with Crippen LogP contribution in [-0.2, 0) is 6.54 Å². The second-order valence-corrected chi connectivity index (χ2v) is 8.63. The summed E-state index contributed by atoms with van der Waals surface area (Å²) in [6.45, 7) is 11.3. The lowest BCUT2D eigenvalue weighted by Crippen LogP contribution is -2.04. The van der Waals surface area contributed by atoms with Gasteiger partial charge in [0.1, 0.15) is 5.69 Å². The summed E-state index contributed by atoms with van der Waals surface area (Å²) >= 11 is 7.00. The van der Waals surface area contributed by atoms with Crippen molar-refractivity contribution in [3.63, 3.8) is 0 Å². The van der Waals surface area contributed by atoms with Crippen molar-refractivity contribution in [3.05, 3.63) is 99.1 Å². The topological polar surface area (TPSA) is 17.8 Å². The van der Waals surface area contributed by atoms with Crippen molar-refractivity contribution >= 4 is 11.6 Å². The minimum absolute atomic E-state index is 0.675. The number of hydrogen-bond acceptors (Lipinski definition) is 1. The van der Waals surface area contributed by atoms with Gasteiger partial charge in [0.05, 0.1) is 17.3 Å². The molecule has 0 N–H and O–H groups in total. The standard InChI is InChI=1S/C27H27ClN2/c1-17-7-6-8-22(13-17)16-30-27(24-12-10-19(3)21(5)15-24)25(28)26(29-30)23-11-9-18(2)20(4)14-23/h6-15H,16H2,1-5H3. The van der Waals surface area contributed by atoms with Gasteiger partial charge in [-0.15, -0.1) is 0 Å². The van der Waals surface area contributed by atoms with Crippen LogP contribution in [-0.4, -0.2) is 9.78 Å². The first-order chi connectivity index (χ1) is 14.3. The molecule has 0 aliphatic rings. The third kappa shape index (κ3) is 3.93. The van der Waals surface area contributed by atoms with Crippen LogP contribution in [0.25, 0.3) is 22.5 Å². The van der Waals surface area contributed by atoms with Gasteiger partial charge in [-0.3, -0.25) is 4.68 Å². The molecule has 0 radical (unpaired) electrons. The largest absolute Gasteiger partial charge is 0.258 e. The van der Waals surface area contributed by atoms with Crippen molar-refractivity contribution in [2.75, 3.05) is 0 Å². The third-order valence-corrected chi connectivity index (χ3v) is 6.23. The van der Waals surface area contributed by atoms with Crippen molar-refractivity contribution in [1.82, 2.24) is 9.78 Å². The summed E-state index contributed by atoms with van der Waals surface area (Å²) in [6, 6.07) is 21.5. The molecule has 152 valence electrons. The molecule has 0 bridgehead atoms. The van der Waals surface area contributed by atoms with Crippen LogP contribution in [0.2, 0.25) is 5.02 Å². The maximum Gasteiger partial charge on any atom is 0.112 e. The van der Waals surface area contributed by atoms with Crippen molar-refractivity contribution in [3.8, 4) is 22.5 Å². The van der Waals surface area contributed by atoms with Gasteiger partial charge >= 0.3 is 0 Å². The molecule has 4 rings (SSSR count). The zero-order valence-electron chi connectivity index (χ0n) is 18.3. The summed E-state index contributed by atoms with van der Waals surface area (Å²) in [5.41, 5.74) is 11.4. The highest BCUT2D eigenvalue weighted by atomic mass is 35.5. The Labute approximate surface area is 184 Å². The molecule has 3 aromatic carbocycles. The highest BCUT2D eigenvalue weighted by Gasteiger charge is 2.20. The van der Waals surface area contributed by atoms with Gasteiger partial charge < -0.3 is 0 Å². The van der Waals surface area contributed by atoms with E-state index in [0.29, 0.717) is 11.6 Å². The van der Waals surface area contributed by atoms with Gasteiger partial charge in [-0.2, -0.15) is 5.10 Å². The van der Waals surface area contributed by atoms with Crippen molar-refractivity contribution in [2.24, 2.45) is 0 Å². The van der Waals surface area contributed by atoms with Crippen LogP contribution in [0.3, 0.4) is 0 Å². The summed E-state index contributed by atoms with van der Waals surface area (Å²) in [5, 5.41) is 5.69. The number of nitrogens with zero attached hydrogens (tertiary/aromatic N) is 2. The average molecular weight is 415 g/mol. The van der Waals surface area contributed by atoms with Crippen LogP contribution >= 0.6 is 11.6 Å². The third-order valence-electron chi connectivity index (χ3n) is 5.87. The van der Waals surface area contributed by atoms with E-state index in [4.69, 9.17) is 16.7 Å². The fourth-order valence-electron chi connectivity index (χ4n) is 3.78. The first kappa shape index (κ1) is 20.4. The molecule has 0 saturated carbocycles. The van der Waals surface area contributed by atoms with E-state index >= 15 is 0 Å². The van der Waals surface area contributed by atoms with E-state index in [1.54, 1.807) is 0 Å². The number of halogens is 1. The zero-order valence-corrected chi connectivity index (χ0v) is 19.0. The van der Waals surface area contributed by atoms with E-state index in [0.717, 1.165) is 22.5 Å². The van der Waals surface area contributed by atoms with E-state index in [9.17, 15) is 0 Å². The number of benzene rings is 3. The quantitative estimate of drug-likeness (QED) is 0.338. The van der Waals surface area contributed by atoms with E-state index in [1.165, 1.54) is 33.4 Å². The fourth-order valence-corrected chi connectivity index (χ4v) is 4.13. The Morgan fingerprint density at radius 2 is 1.37 bits per heavy atom. The Bertz CT molecular complexity index is 1230. The molecule has 30 heavy (non-hydrogen) atoms. The van der Waals surface area contributed by atoms with Gasteiger partial charge in [0.25, 0.3) is 0 Å². The first-order valence-electron chi connectivity index (χ1n) is 10.3. The van der Waals surface area contributed by atoms with Gasteiger partial charge in [-0.25, -0.2) is 0 Å². The molecular formula is C27H27ClN2. The maximum absolute atomic E-state index is 7.00. The van der Waals surface area contributed by atoms with Gasteiger partial charge in [0.15, 0.2) is 0 Å². The first-order valence-corrected chi connectivity index (χ1v) is 10.7. The van der Waals surface area contributed by atoms with Crippen molar-refractivity contribution in [1.29, 1.82) is 0 Å². The smallest absolute Gasteiger partial charge is 0.112 e. The zero-order chi connectivity index (χ0) is 21.4. The minimum atomic E-state index is 0.675. The summed E-state index contributed by atoms with van der Waals surface area (Å²) < 4.78 is 2.05. The molecule has 0 amide bonds. The average Bonchev–Trinajstić information content (AvgIpc) is 3.02. The molecule has 2 nitrogen and oxygen atoms in total. The molecule has 3 heteroatoms. The van der Waals surface area contributed by atoms with Crippen molar-refractivity contribution in [2.45, 2.75) is 41.2 Å². The van der Waals surface area contributed by atoms with Crippen LogP contribution in [0.5, 0.6) is 0 Å². The van der Waals surface area contributed by atoms with Gasteiger partial charge in [0.2, 0.25) is 0 Å². The van der Waals surface area contributed by atoms with Crippen LogP contribution in [0, 0.1) is 34.6 Å². The maximum atomic E-state index is 7.00. The SMILES string of the molecule is Cc1cccc(Cn2nc(-c3ccc(C)c(C)c3)c(Cl)c2-c2ccc(C)c(C)c2)c1. The Kier molecular flexibility index (Phi) is 5.53. The summed E-state index contributed by atoms with van der Waals surface area (Å²) in [6.07, 6.45) is 0. The lowest BCUT2D eigenvalue weighted by Gasteiger charge is -2.10. The molecule has 0 fully saturated rings. The Hall–Kier alpha value is -2.84. The molecule has 0 spiro atoms. The molecule has 0 unspecified atom stereocenters. The summed E-state index contributed by atoms with van der Waals surface area (Å²) in [5.74, 6) is 0. The Morgan fingerprint density at radius 1 is 0.733 bits per heavy atom. The van der Waals surface area contributed by atoms with E-state index in [1.807, 2.05) is 4.68 Å². The number of aromatic nitrogens is 2. The molecule has 0 saturated heterocycles. The van der Waals surface area contributed by atoms with E-state index in [-0.39, 0.29) is 0 Å². The van der Waals surface area contributed by atoms with E-state index < -0.39 is 0 Å². The summed E-state index contributed by atoms with van der Waals surface area (Å²) in [7, 11) is 0. The fraction of sp³-hybridized carbons (Fsp3) is 0.222. The van der Waals surface area contributed by atoms with Gasteiger partial charge in [-0.1, -0.05) is 65.7 Å². The molecule has 0 atom stereocenters. The van der Waals surface area contributed by atoms with Gasteiger partial charge in [-0.05, 0) is 74.6 Å². The molecule has 4 aromatic rings. The molecule has 1 heterocycles.